The molecule has 0 aromatic carbocycles. The fourth-order valence-electron chi connectivity index (χ4n) is 1.89. The fraction of sp³-hybridized carbons (Fsp3) is 0.889. The van der Waals surface area contributed by atoms with Crippen LogP contribution in [0, 0.1) is 0 Å². The zero-order valence-corrected chi connectivity index (χ0v) is 15.7. The van der Waals surface area contributed by atoms with Crippen LogP contribution in [0.1, 0.15) is 78.1 Å². The maximum atomic E-state index is 11.3. The van der Waals surface area contributed by atoms with E-state index in [0.717, 1.165) is 12.8 Å². The summed E-state index contributed by atoms with van der Waals surface area (Å²) in [4.78, 5) is 20.7. The average molecular weight is 364 g/mol. The number of carbonyl (C=O) groups is 2. The van der Waals surface area contributed by atoms with Gasteiger partial charge in [-0.15, -0.1) is 0 Å². The lowest BCUT2D eigenvalue weighted by Gasteiger charge is -2.08. The Kier molecular flexibility index (Phi) is 20.0. The highest BCUT2D eigenvalue weighted by Crippen LogP contribution is 2.10. The minimum atomic E-state index is -1.23. The van der Waals surface area contributed by atoms with Gasteiger partial charge in [0.25, 0.3) is 0 Å². The van der Waals surface area contributed by atoms with E-state index in [2.05, 4.69) is 6.92 Å². The Hall–Kier alpha value is -1.18. The number of aliphatic hydroxyl groups excluding tert-OH is 3. The number of hydrogen-bond acceptors (Lipinski definition) is 6. The first-order valence-electron chi connectivity index (χ1n) is 9.20. The first kappa shape index (κ1) is 26.1. The van der Waals surface area contributed by atoms with Crippen molar-refractivity contribution in [1.29, 1.82) is 0 Å². The minimum Gasteiger partial charge on any atom is -0.479 e. The van der Waals surface area contributed by atoms with Gasteiger partial charge >= 0.3 is 11.9 Å². The minimum absolute atomic E-state index is 0.104. The molecule has 0 saturated heterocycles. The van der Waals surface area contributed by atoms with Gasteiger partial charge in [-0.1, -0.05) is 58.3 Å². The van der Waals surface area contributed by atoms with Crippen LogP contribution in [-0.4, -0.2) is 57.8 Å². The quantitative estimate of drug-likeness (QED) is 0.275. The van der Waals surface area contributed by atoms with Gasteiger partial charge < -0.3 is 25.2 Å². The summed E-state index contributed by atoms with van der Waals surface area (Å²) < 4.78 is 4.82. The molecule has 0 aliphatic heterocycles. The van der Waals surface area contributed by atoms with E-state index in [0.29, 0.717) is 6.42 Å². The highest BCUT2D eigenvalue weighted by atomic mass is 16.5. The molecule has 0 heterocycles. The van der Waals surface area contributed by atoms with E-state index in [1.165, 1.54) is 51.9 Å². The van der Waals surface area contributed by atoms with Crippen molar-refractivity contribution >= 4 is 11.9 Å². The van der Waals surface area contributed by atoms with E-state index in [1.807, 2.05) is 0 Å². The molecule has 7 nitrogen and oxygen atoms in total. The van der Waals surface area contributed by atoms with Crippen LogP contribution < -0.4 is 0 Å². The number of carbonyl (C=O) groups excluding carboxylic acids is 1. The second-order valence-electron chi connectivity index (χ2n) is 6.11. The molecule has 0 bridgehead atoms. The van der Waals surface area contributed by atoms with E-state index >= 15 is 0 Å². The average Bonchev–Trinajstić information content (AvgIpc) is 2.58. The van der Waals surface area contributed by atoms with Gasteiger partial charge in [-0.05, 0) is 13.3 Å². The molecule has 0 saturated carbocycles. The molecule has 0 aliphatic rings. The Labute approximate surface area is 151 Å². The number of aliphatic hydroxyl groups is 3. The first-order valence-corrected chi connectivity index (χ1v) is 9.20. The molecule has 2 atom stereocenters. The summed E-state index contributed by atoms with van der Waals surface area (Å²) in [6.45, 7) is 2.94. The number of esters is 1. The van der Waals surface area contributed by atoms with E-state index in [4.69, 9.17) is 25.2 Å². The van der Waals surface area contributed by atoms with Crippen LogP contribution >= 0.6 is 0 Å². The molecule has 4 N–H and O–H groups in total. The van der Waals surface area contributed by atoms with Crippen molar-refractivity contribution in [3.8, 4) is 0 Å². The lowest BCUT2D eigenvalue weighted by atomic mass is 10.1. The third-order valence-corrected chi connectivity index (χ3v) is 3.49. The van der Waals surface area contributed by atoms with Gasteiger partial charge in [0.1, 0.15) is 18.8 Å². The molecule has 0 aromatic rings. The maximum Gasteiger partial charge on any atom is 0.332 e. The van der Waals surface area contributed by atoms with Gasteiger partial charge in [0, 0.05) is 6.42 Å². The molecule has 0 aliphatic carbocycles. The normalized spacial score (nSPS) is 12.7. The van der Waals surface area contributed by atoms with E-state index < -0.39 is 18.2 Å². The van der Waals surface area contributed by atoms with Crippen LogP contribution in [0.5, 0.6) is 0 Å². The van der Waals surface area contributed by atoms with Crippen LogP contribution in [0.4, 0.5) is 0 Å². The Bertz CT molecular complexity index is 319. The van der Waals surface area contributed by atoms with Gasteiger partial charge in [-0.25, -0.2) is 4.79 Å². The summed E-state index contributed by atoms with van der Waals surface area (Å²) in [5, 5.41) is 33.3. The van der Waals surface area contributed by atoms with Crippen molar-refractivity contribution in [2.24, 2.45) is 0 Å². The number of rotatable bonds is 14. The highest BCUT2D eigenvalue weighted by molar-refractivity contribution is 5.71. The van der Waals surface area contributed by atoms with Crippen LogP contribution in [0.2, 0.25) is 0 Å². The predicted octanol–water partition coefficient (Wildman–Crippen LogP) is 2.26. The summed E-state index contributed by atoms with van der Waals surface area (Å²) in [6.07, 6.45) is 9.16. The van der Waals surface area contributed by atoms with Crippen LogP contribution in [0.25, 0.3) is 0 Å². The number of carboxylic acid groups (broad SMARTS) is 1. The molecule has 0 rings (SSSR count). The smallest absolute Gasteiger partial charge is 0.332 e. The summed E-state index contributed by atoms with van der Waals surface area (Å²) in [5.41, 5.74) is 0. The standard InChI is InChI=1S/C15H30O4.C3H6O3/c1-2-3-4-5-6-7-8-9-10-11-15(18)19-13-14(17)12-16;1-2(4)3(5)6/h14,16-17H,2-13H2,1H3;2,4H,1H3,(H,5,6). The molecule has 150 valence electrons. The lowest BCUT2D eigenvalue weighted by Crippen LogP contribution is -2.21. The molecular formula is C18H36O7. The van der Waals surface area contributed by atoms with Gasteiger partial charge in [0.2, 0.25) is 0 Å². The Morgan fingerprint density at radius 1 is 0.920 bits per heavy atom. The molecule has 2 unspecified atom stereocenters. The molecule has 25 heavy (non-hydrogen) atoms. The highest BCUT2D eigenvalue weighted by Gasteiger charge is 2.07. The number of aliphatic carboxylic acids is 1. The first-order chi connectivity index (χ1) is 11.8. The van der Waals surface area contributed by atoms with Crippen LogP contribution in [-0.2, 0) is 14.3 Å². The van der Waals surface area contributed by atoms with Crippen molar-refractivity contribution in [1.82, 2.24) is 0 Å². The third kappa shape index (κ3) is 22.8. The summed E-state index contributed by atoms with van der Waals surface area (Å²) >= 11 is 0. The summed E-state index contributed by atoms with van der Waals surface area (Å²) in [6, 6.07) is 0. The van der Waals surface area contributed by atoms with Gasteiger partial charge in [-0.3, -0.25) is 4.79 Å². The predicted molar refractivity (Wildman–Crippen MR) is 95.2 cm³/mol. The SMILES string of the molecule is CC(O)C(=O)O.CCCCCCCCCCCC(=O)OCC(O)CO. The maximum absolute atomic E-state index is 11.3. The molecule has 0 spiro atoms. The molecule has 0 fully saturated rings. The van der Waals surface area contributed by atoms with E-state index in [9.17, 15) is 9.59 Å². The summed E-state index contributed by atoms with van der Waals surface area (Å²) in [7, 11) is 0. The Morgan fingerprint density at radius 3 is 1.76 bits per heavy atom. The van der Waals surface area contributed by atoms with Crippen LogP contribution in [0.15, 0.2) is 0 Å². The van der Waals surface area contributed by atoms with E-state index in [-0.39, 0.29) is 19.2 Å². The second-order valence-corrected chi connectivity index (χ2v) is 6.11. The largest absolute Gasteiger partial charge is 0.479 e. The molecule has 0 radical (unpaired) electrons. The number of hydrogen-bond donors (Lipinski definition) is 4. The van der Waals surface area contributed by atoms with Crippen molar-refractivity contribution in [2.45, 2.75) is 90.3 Å². The monoisotopic (exact) mass is 364 g/mol. The number of carboxylic acids is 1. The van der Waals surface area contributed by atoms with Crippen molar-refractivity contribution < 1.29 is 34.8 Å². The third-order valence-electron chi connectivity index (χ3n) is 3.49. The second kappa shape index (κ2) is 19.1. The van der Waals surface area contributed by atoms with E-state index in [1.54, 1.807) is 0 Å². The zero-order valence-electron chi connectivity index (χ0n) is 15.7. The van der Waals surface area contributed by atoms with Gasteiger partial charge in [-0.2, -0.15) is 0 Å². The van der Waals surface area contributed by atoms with Gasteiger partial charge in [0.15, 0.2) is 0 Å². The van der Waals surface area contributed by atoms with Gasteiger partial charge in [0.05, 0.1) is 6.61 Å². The topological polar surface area (TPSA) is 124 Å². The van der Waals surface area contributed by atoms with Crippen LogP contribution in [0.3, 0.4) is 0 Å². The number of ether oxygens (including phenoxy) is 1. The van der Waals surface area contributed by atoms with Crippen molar-refractivity contribution in [2.75, 3.05) is 13.2 Å². The molecular weight excluding hydrogens is 328 g/mol. The van der Waals surface area contributed by atoms with Crippen molar-refractivity contribution in [3.63, 3.8) is 0 Å². The summed E-state index contributed by atoms with van der Waals surface area (Å²) in [5.74, 6) is -1.47. The molecule has 7 heteroatoms. The molecule has 0 amide bonds. The fourth-order valence-corrected chi connectivity index (χ4v) is 1.89. The zero-order chi connectivity index (χ0) is 19.5. The number of unbranched alkanes of at least 4 members (excludes halogenated alkanes) is 8. The Balaban J connectivity index is 0. The molecule has 0 aromatic heterocycles. The Morgan fingerprint density at radius 2 is 1.36 bits per heavy atom. The van der Waals surface area contributed by atoms with Crippen molar-refractivity contribution in [3.05, 3.63) is 0 Å². The lowest BCUT2D eigenvalue weighted by molar-refractivity contribution is -0.147.